The molecule has 0 aliphatic carbocycles. The molecule has 2 N–H and O–H groups in total. The predicted octanol–water partition coefficient (Wildman–Crippen LogP) is 0.476. The highest BCUT2D eigenvalue weighted by atomic mass is 127. The van der Waals surface area contributed by atoms with Gasteiger partial charge in [0.05, 0.1) is 3.57 Å². The molecule has 1 rings (SSSR count). The lowest BCUT2D eigenvalue weighted by atomic mass is 10.5. The monoisotopic (exact) mass is 278 g/mol. The zero-order valence-corrected chi connectivity index (χ0v) is 9.02. The fraction of sp³-hybridized carbons (Fsp3) is 0.429. The van der Waals surface area contributed by atoms with Crippen molar-refractivity contribution >= 4 is 28.4 Å². The largest absolute Gasteiger partial charge is 0.357 e. The van der Waals surface area contributed by atoms with Gasteiger partial charge in [-0.2, -0.15) is 0 Å². The average molecular weight is 278 g/mol. The van der Waals surface area contributed by atoms with Crippen molar-refractivity contribution in [3.8, 4) is 0 Å². The molecule has 0 saturated heterocycles. The van der Waals surface area contributed by atoms with Crippen molar-refractivity contribution in [3.05, 3.63) is 16.1 Å². The number of hydrogen-bond acceptors (Lipinski definition) is 4. The van der Waals surface area contributed by atoms with Gasteiger partial charge in [0.25, 0.3) is 0 Å². The van der Waals surface area contributed by atoms with Gasteiger partial charge < -0.3 is 10.6 Å². The summed E-state index contributed by atoms with van der Waals surface area (Å²) in [5.74, 6) is 0.941. The molecule has 0 aromatic carbocycles. The first kappa shape index (κ1) is 9.66. The topological polar surface area (TPSA) is 55.0 Å². The lowest BCUT2D eigenvalue weighted by Gasteiger charge is -2.17. The zero-order chi connectivity index (χ0) is 8.97. The number of halogens is 1. The van der Waals surface area contributed by atoms with Crippen LogP contribution >= 0.6 is 22.6 Å². The molecule has 0 spiro atoms. The number of likely N-dealkylation sites (N-methyl/N-ethyl adjacent to an activating group) is 1. The highest BCUT2D eigenvalue weighted by molar-refractivity contribution is 14.1. The normalized spacial score (nSPS) is 9.92. The number of anilines is 1. The highest BCUT2D eigenvalue weighted by Crippen LogP contribution is 2.15. The molecule has 66 valence electrons. The second-order valence-electron chi connectivity index (χ2n) is 2.40. The Labute approximate surface area is 85.3 Å². The van der Waals surface area contributed by atoms with Crippen LogP contribution in [0.1, 0.15) is 0 Å². The fourth-order valence-corrected chi connectivity index (χ4v) is 1.60. The van der Waals surface area contributed by atoms with Gasteiger partial charge in [-0.1, -0.05) is 0 Å². The lowest BCUT2D eigenvalue weighted by molar-refractivity contribution is 0.860. The van der Waals surface area contributed by atoms with Crippen LogP contribution in [0, 0.1) is 3.57 Å². The van der Waals surface area contributed by atoms with Crippen molar-refractivity contribution in [3.63, 3.8) is 0 Å². The molecule has 0 aliphatic heterocycles. The van der Waals surface area contributed by atoms with Crippen LogP contribution in [0.2, 0.25) is 0 Å². The van der Waals surface area contributed by atoms with Gasteiger partial charge in [-0.25, -0.2) is 9.97 Å². The Morgan fingerprint density at radius 3 is 3.00 bits per heavy atom. The highest BCUT2D eigenvalue weighted by Gasteiger charge is 2.04. The third-order valence-corrected chi connectivity index (χ3v) is 2.24. The van der Waals surface area contributed by atoms with Crippen LogP contribution in [0.15, 0.2) is 12.5 Å². The Bertz CT molecular complexity index is 253. The minimum atomic E-state index is 0.635. The zero-order valence-electron chi connectivity index (χ0n) is 6.87. The van der Waals surface area contributed by atoms with E-state index in [-0.39, 0.29) is 0 Å². The van der Waals surface area contributed by atoms with E-state index in [2.05, 4.69) is 32.6 Å². The van der Waals surface area contributed by atoms with E-state index in [4.69, 9.17) is 5.73 Å². The Kier molecular flexibility index (Phi) is 3.67. The maximum atomic E-state index is 5.43. The van der Waals surface area contributed by atoms with Gasteiger partial charge in [-0.3, -0.25) is 0 Å². The summed E-state index contributed by atoms with van der Waals surface area (Å²) >= 11 is 2.21. The fourth-order valence-electron chi connectivity index (χ4n) is 0.887. The second kappa shape index (κ2) is 4.56. The van der Waals surface area contributed by atoms with Crippen LogP contribution in [0.4, 0.5) is 5.82 Å². The molecule has 0 radical (unpaired) electrons. The first-order chi connectivity index (χ1) is 5.75. The summed E-state index contributed by atoms with van der Waals surface area (Å²) < 4.78 is 1.05. The van der Waals surface area contributed by atoms with Gasteiger partial charge in [0.2, 0.25) is 0 Å². The quantitative estimate of drug-likeness (QED) is 0.817. The number of aromatic nitrogens is 2. The molecular weight excluding hydrogens is 267 g/mol. The van der Waals surface area contributed by atoms with Crippen molar-refractivity contribution in [2.75, 3.05) is 25.0 Å². The molecule has 0 saturated carbocycles. The van der Waals surface area contributed by atoms with Crippen molar-refractivity contribution < 1.29 is 0 Å². The molecule has 1 aromatic rings. The van der Waals surface area contributed by atoms with E-state index >= 15 is 0 Å². The van der Waals surface area contributed by atoms with Crippen LogP contribution in [0.3, 0.4) is 0 Å². The molecule has 1 heterocycles. The summed E-state index contributed by atoms with van der Waals surface area (Å²) in [5, 5.41) is 0. The number of nitrogens with zero attached hydrogens (tertiary/aromatic N) is 3. The summed E-state index contributed by atoms with van der Waals surface area (Å²) in [6, 6.07) is 0. The van der Waals surface area contributed by atoms with Gasteiger partial charge in [-0.05, 0) is 22.6 Å². The summed E-state index contributed by atoms with van der Waals surface area (Å²) in [4.78, 5) is 10.1. The number of nitrogens with two attached hydrogens (primary N) is 1. The van der Waals surface area contributed by atoms with Crippen molar-refractivity contribution in [1.82, 2.24) is 9.97 Å². The SMILES string of the molecule is CN(CCN)c1ncncc1I. The van der Waals surface area contributed by atoms with Crippen LogP contribution in [0.5, 0.6) is 0 Å². The van der Waals surface area contributed by atoms with Gasteiger partial charge in [0.1, 0.15) is 12.1 Å². The average Bonchev–Trinajstić information content (AvgIpc) is 2.05. The van der Waals surface area contributed by atoms with Gasteiger partial charge in [0.15, 0.2) is 0 Å². The standard InChI is InChI=1S/C7H11IN4/c1-12(3-2-9)7-6(8)4-10-5-11-7/h4-5H,2-3,9H2,1H3. The molecule has 1 aromatic heterocycles. The maximum Gasteiger partial charge on any atom is 0.145 e. The van der Waals surface area contributed by atoms with Crippen LogP contribution in [-0.2, 0) is 0 Å². The summed E-state index contributed by atoms with van der Waals surface area (Å²) in [5.41, 5.74) is 5.43. The van der Waals surface area contributed by atoms with E-state index < -0.39 is 0 Å². The molecule has 12 heavy (non-hydrogen) atoms. The van der Waals surface area contributed by atoms with Gasteiger partial charge in [0, 0.05) is 26.3 Å². The number of hydrogen-bond donors (Lipinski definition) is 1. The summed E-state index contributed by atoms with van der Waals surface area (Å²) in [7, 11) is 1.97. The van der Waals surface area contributed by atoms with Crippen molar-refractivity contribution in [2.24, 2.45) is 5.73 Å². The van der Waals surface area contributed by atoms with E-state index in [1.54, 1.807) is 12.5 Å². The molecule has 0 unspecified atom stereocenters. The number of rotatable bonds is 3. The van der Waals surface area contributed by atoms with Crippen molar-refractivity contribution in [2.45, 2.75) is 0 Å². The third kappa shape index (κ3) is 2.28. The Morgan fingerprint density at radius 1 is 1.67 bits per heavy atom. The van der Waals surface area contributed by atoms with E-state index in [9.17, 15) is 0 Å². The third-order valence-electron chi connectivity index (χ3n) is 1.47. The molecule has 0 bridgehead atoms. The van der Waals surface area contributed by atoms with Crippen LogP contribution < -0.4 is 10.6 Å². The van der Waals surface area contributed by atoms with Crippen LogP contribution in [-0.4, -0.2) is 30.1 Å². The Hall–Kier alpha value is -0.430. The molecule has 0 amide bonds. The summed E-state index contributed by atoms with van der Waals surface area (Å²) in [6.45, 7) is 1.45. The predicted molar refractivity (Wildman–Crippen MR) is 57.1 cm³/mol. The van der Waals surface area contributed by atoms with E-state index in [1.807, 2.05) is 11.9 Å². The van der Waals surface area contributed by atoms with Crippen molar-refractivity contribution in [1.29, 1.82) is 0 Å². The molecule has 5 heteroatoms. The van der Waals surface area contributed by atoms with E-state index in [0.29, 0.717) is 6.54 Å². The summed E-state index contributed by atoms with van der Waals surface area (Å²) in [6.07, 6.45) is 3.33. The maximum absolute atomic E-state index is 5.43. The molecular formula is C7H11IN4. The second-order valence-corrected chi connectivity index (χ2v) is 3.57. The Balaban J connectivity index is 2.79. The lowest BCUT2D eigenvalue weighted by Crippen LogP contribution is -2.26. The first-order valence-electron chi connectivity index (χ1n) is 3.62. The molecule has 0 fully saturated rings. The first-order valence-corrected chi connectivity index (χ1v) is 4.70. The minimum Gasteiger partial charge on any atom is -0.357 e. The molecule has 0 aliphatic rings. The van der Waals surface area contributed by atoms with Crippen LogP contribution in [0.25, 0.3) is 0 Å². The Morgan fingerprint density at radius 2 is 2.42 bits per heavy atom. The smallest absolute Gasteiger partial charge is 0.145 e. The molecule has 4 nitrogen and oxygen atoms in total. The van der Waals surface area contributed by atoms with E-state index in [0.717, 1.165) is 15.9 Å². The molecule has 0 atom stereocenters. The van der Waals surface area contributed by atoms with E-state index in [1.165, 1.54) is 0 Å². The minimum absolute atomic E-state index is 0.635. The van der Waals surface area contributed by atoms with Gasteiger partial charge in [-0.15, -0.1) is 0 Å². The van der Waals surface area contributed by atoms with Gasteiger partial charge >= 0.3 is 0 Å².